The number of piperidine rings is 1. The summed E-state index contributed by atoms with van der Waals surface area (Å²) in [6.45, 7) is 4.69. The van der Waals surface area contributed by atoms with Gasteiger partial charge in [0.25, 0.3) is 0 Å². The van der Waals surface area contributed by atoms with E-state index in [1.54, 1.807) is 37.3 Å². The monoisotopic (exact) mass is 610 g/mol. The molecule has 2 aromatic heterocycles. The molecule has 4 aromatic rings. The summed E-state index contributed by atoms with van der Waals surface area (Å²) in [4.78, 5) is 14.9. The highest BCUT2D eigenvalue weighted by Gasteiger charge is 2.64. The van der Waals surface area contributed by atoms with Crippen molar-refractivity contribution in [2.45, 2.75) is 56.3 Å². The molecular weight excluding hydrogens is 575 g/mol. The molecule has 1 saturated heterocycles. The summed E-state index contributed by atoms with van der Waals surface area (Å²) >= 11 is 0. The lowest BCUT2D eigenvalue weighted by Gasteiger charge is -2.56. The van der Waals surface area contributed by atoms with Gasteiger partial charge in [-0.15, -0.1) is 0 Å². The minimum absolute atomic E-state index is 0.0273. The van der Waals surface area contributed by atoms with Gasteiger partial charge in [0.15, 0.2) is 11.5 Å². The summed E-state index contributed by atoms with van der Waals surface area (Å²) < 4.78 is 28.7. The molecule has 8 nitrogen and oxygen atoms in total. The van der Waals surface area contributed by atoms with Crippen molar-refractivity contribution in [1.82, 2.24) is 9.30 Å². The number of pyridine rings is 1. The molecule has 2 aliphatic heterocycles. The summed E-state index contributed by atoms with van der Waals surface area (Å²) in [5, 5.41) is 32.8. The van der Waals surface area contributed by atoms with Gasteiger partial charge < -0.3 is 34.1 Å². The number of hydrogen-bond donors (Lipinski definition) is 3. The summed E-state index contributed by atoms with van der Waals surface area (Å²) in [7, 11) is 3.62. The van der Waals surface area contributed by atoms with Crippen LogP contribution < -0.4 is 9.47 Å². The molecule has 0 saturated carbocycles. The van der Waals surface area contributed by atoms with Crippen LogP contribution in [-0.2, 0) is 11.8 Å². The summed E-state index contributed by atoms with van der Waals surface area (Å²) in [6.07, 6.45) is 6.08. The first kappa shape index (κ1) is 28.2. The number of ether oxygens (including phenoxy) is 2. The molecule has 4 heterocycles. The molecular formula is C36H35FN2O6. The van der Waals surface area contributed by atoms with Crippen molar-refractivity contribution < 1.29 is 34.0 Å². The van der Waals surface area contributed by atoms with Crippen LogP contribution in [0.4, 0.5) is 4.39 Å². The van der Waals surface area contributed by atoms with Crippen LogP contribution in [0.25, 0.3) is 16.6 Å². The number of aromatic hydroxyl groups is 1. The first-order valence-electron chi connectivity index (χ1n) is 15.4. The van der Waals surface area contributed by atoms with E-state index in [9.17, 15) is 20.1 Å². The molecule has 2 aromatic carbocycles. The second-order valence-electron chi connectivity index (χ2n) is 13.1. The molecule has 1 spiro atoms. The number of hydrogen-bond acceptors (Lipinski definition) is 6. The number of carbonyl (C=O) groups is 1. The smallest absolute Gasteiger partial charge is 0.336 e. The molecule has 4 aliphatic rings. The van der Waals surface area contributed by atoms with Crippen LogP contribution in [0.1, 0.15) is 57.6 Å². The predicted molar refractivity (Wildman–Crippen MR) is 166 cm³/mol. The number of carboxylic acids is 1. The molecule has 6 atom stereocenters. The number of methoxy groups -OCH3 is 1. The zero-order valence-electron chi connectivity index (χ0n) is 25.5. The maximum Gasteiger partial charge on any atom is 0.336 e. The zero-order chi connectivity index (χ0) is 31.5. The summed E-state index contributed by atoms with van der Waals surface area (Å²) in [5.41, 5.74) is 5.66. The number of carboxylic acid groups (broad SMARTS) is 1. The molecule has 232 valence electrons. The average Bonchev–Trinajstić information content (AvgIpc) is 3.59. The Balaban J connectivity index is 1.35. The minimum Gasteiger partial charge on any atom is -0.504 e. The second-order valence-corrected chi connectivity index (χ2v) is 13.1. The van der Waals surface area contributed by atoms with E-state index in [1.807, 2.05) is 23.6 Å². The van der Waals surface area contributed by atoms with Gasteiger partial charge in [0.2, 0.25) is 0 Å². The van der Waals surface area contributed by atoms with Crippen LogP contribution >= 0.6 is 0 Å². The molecule has 8 rings (SSSR count). The van der Waals surface area contributed by atoms with Gasteiger partial charge in [-0.25, -0.2) is 9.18 Å². The van der Waals surface area contributed by atoms with E-state index >= 15 is 4.39 Å². The Morgan fingerprint density at radius 2 is 2.00 bits per heavy atom. The summed E-state index contributed by atoms with van der Waals surface area (Å²) in [6, 6.07) is 10.1. The van der Waals surface area contributed by atoms with Crippen molar-refractivity contribution in [2.75, 3.05) is 20.7 Å². The van der Waals surface area contributed by atoms with Gasteiger partial charge in [-0.3, -0.25) is 0 Å². The lowest BCUT2D eigenvalue weighted by molar-refractivity contribution is -0.0454. The van der Waals surface area contributed by atoms with Gasteiger partial charge in [-0.1, -0.05) is 19.1 Å². The van der Waals surface area contributed by atoms with Crippen LogP contribution in [-0.4, -0.2) is 69.5 Å². The molecule has 0 radical (unpaired) electrons. The topological polar surface area (TPSA) is 104 Å². The molecule has 3 N–H and O–H groups in total. The van der Waals surface area contributed by atoms with Gasteiger partial charge in [-0.05, 0) is 80.4 Å². The van der Waals surface area contributed by atoms with Gasteiger partial charge in [0, 0.05) is 63.5 Å². The summed E-state index contributed by atoms with van der Waals surface area (Å²) in [5.74, 6) is -0.795. The number of likely N-dealkylation sites (N-methyl/N-ethyl adjacent to an activating group) is 1. The normalized spacial score (nSPS) is 26.9. The van der Waals surface area contributed by atoms with E-state index in [-0.39, 0.29) is 29.2 Å². The highest BCUT2D eigenvalue weighted by atomic mass is 19.1. The fourth-order valence-electron chi connectivity index (χ4n) is 9.02. The third-order valence-electron chi connectivity index (χ3n) is 11.1. The Kier molecular flexibility index (Phi) is 5.99. The van der Waals surface area contributed by atoms with Crippen LogP contribution in [0.3, 0.4) is 0 Å². The number of aliphatic hydroxyl groups is 1. The number of aromatic nitrogens is 1. The lowest BCUT2D eigenvalue weighted by Crippen LogP contribution is -2.64. The first-order chi connectivity index (χ1) is 21.5. The SMILES string of the molecule is COc1ccc(-c2cc3cc(C(=O)O)c(C)c(C(C)c4cc(O)c5c6c4C[C@@H]4[C@@H]7C=C[C@H](O)[C@H](O5)[C@]67CCN4C)n3c2)c(F)c1. The molecule has 9 heteroatoms. The minimum atomic E-state index is -1.04. The second kappa shape index (κ2) is 9.58. The zero-order valence-corrected chi connectivity index (χ0v) is 25.5. The Morgan fingerprint density at radius 1 is 1.20 bits per heavy atom. The number of phenols is 1. The number of aromatic carboxylic acids is 1. The number of rotatable bonds is 5. The van der Waals surface area contributed by atoms with E-state index in [0.29, 0.717) is 33.7 Å². The van der Waals surface area contributed by atoms with Crippen molar-refractivity contribution in [2.24, 2.45) is 5.92 Å². The number of benzene rings is 2. The van der Waals surface area contributed by atoms with Crippen LogP contribution in [0, 0.1) is 18.7 Å². The standard InChI is InChI=1S/C36H35FN2O6/c1-17(32-18(2)24(35(42)43)12-20-11-19(16-39(20)32)22-6-5-21(44-4)13-27(22)37)23-15-30(41)33-31-25(23)14-28-26-7-8-29(40)34(45-33)36(26,31)9-10-38(28)3/h5-8,11-13,15-17,26,28-29,34,40-41H,9-10,14H2,1-4H3,(H,42,43)/t17?,26-,28+,29-,34-,36-/m0/s1. The van der Waals surface area contributed by atoms with Gasteiger partial charge in [0.1, 0.15) is 23.8 Å². The van der Waals surface area contributed by atoms with Gasteiger partial charge in [0.05, 0.1) is 12.7 Å². The Labute approximate surface area is 259 Å². The van der Waals surface area contributed by atoms with Gasteiger partial charge >= 0.3 is 5.97 Å². The fraction of sp³-hybridized carbons (Fsp3) is 0.361. The third-order valence-corrected chi connectivity index (χ3v) is 11.1. The number of phenolic OH excluding ortho intramolecular Hbond substituents is 1. The predicted octanol–water partition coefficient (Wildman–Crippen LogP) is 5.42. The fourth-order valence-corrected chi connectivity index (χ4v) is 9.02. The average molecular weight is 611 g/mol. The van der Waals surface area contributed by atoms with E-state index in [4.69, 9.17) is 9.47 Å². The van der Waals surface area contributed by atoms with Crippen LogP contribution in [0.5, 0.6) is 17.2 Å². The van der Waals surface area contributed by atoms with Crippen molar-refractivity contribution in [3.8, 4) is 28.4 Å². The van der Waals surface area contributed by atoms with E-state index < -0.39 is 29.4 Å². The van der Waals surface area contributed by atoms with E-state index in [0.717, 1.165) is 41.8 Å². The first-order valence-corrected chi connectivity index (χ1v) is 15.4. The van der Waals surface area contributed by atoms with Crippen molar-refractivity contribution in [3.63, 3.8) is 0 Å². The Bertz CT molecular complexity index is 1970. The maximum absolute atomic E-state index is 15.2. The van der Waals surface area contributed by atoms with Gasteiger partial charge in [-0.2, -0.15) is 0 Å². The van der Waals surface area contributed by atoms with Crippen molar-refractivity contribution >= 4 is 11.5 Å². The largest absolute Gasteiger partial charge is 0.504 e. The lowest BCUT2D eigenvalue weighted by atomic mass is 9.52. The number of likely N-dealkylation sites (tertiary alicyclic amines) is 1. The molecule has 1 unspecified atom stereocenters. The number of fused-ring (bicyclic) bond motifs is 1. The Morgan fingerprint density at radius 3 is 2.73 bits per heavy atom. The highest BCUT2D eigenvalue weighted by molar-refractivity contribution is 5.92. The molecule has 2 aliphatic carbocycles. The molecule has 2 bridgehead atoms. The quantitative estimate of drug-likeness (QED) is 0.259. The third kappa shape index (κ3) is 3.68. The molecule has 45 heavy (non-hydrogen) atoms. The number of nitrogens with zero attached hydrogens (tertiary/aromatic N) is 2. The number of aliphatic hydroxyl groups excluding tert-OH is 1. The van der Waals surface area contributed by atoms with E-state index in [1.165, 1.54) is 13.2 Å². The van der Waals surface area contributed by atoms with Crippen molar-refractivity contribution in [3.05, 3.63) is 94.1 Å². The maximum atomic E-state index is 15.2. The van der Waals surface area contributed by atoms with Crippen molar-refractivity contribution in [1.29, 1.82) is 0 Å². The van der Waals surface area contributed by atoms with E-state index in [2.05, 4.69) is 18.0 Å². The van der Waals surface area contributed by atoms with Crippen LogP contribution in [0.2, 0.25) is 0 Å². The number of halogens is 1. The Hall–Kier alpha value is -4.34. The molecule has 0 amide bonds. The van der Waals surface area contributed by atoms with Crippen LogP contribution in [0.15, 0.2) is 54.7 Å². The molecule has 1 fully saturated rings. The highest BCUT2D eigenvalue weighted by Crippen LogP contribution is 2.63.